The van der Waals surface area contributed by atoms with Crippen molar-refractivity contribution in [2.45, 2.75) is 25.1 Å². The second-order valence-electron chi connectivity index (χ2n) is 6.63. The van der Waals surface area contributed by atoms with Gasteiger partial charge in [-0.25, -0.2) is 4.98 Å². The summed E-state index contributed by atoms with van der Waals surface area (Å²) in [5, 5.41) is 5.41. The highest BCUT2D eigenvalue weighted by Crippen LogP contribution is 2.19. The summed E-state index contributed by atoms with van der Waals surface area (Å²) < 4.78 is 46.5. The Morgan fingerprint density at radius 3 is 2.63 bits per heavy atom. The molecular weight excluding hydrogens is 403 g/mol. The summed E-state index contributed by atoms with van der Waals surface area (Å²) in [5.41, 5.74) is 0.676. The Labute approximate surface area is 170 Å². The molecule has 160 valence electrons. The van der Waals surface area contributed by atoms with Gasteiger partial charge in [0, 0.05) is 25.4 Å². The molecule has 0 bridgehead atoms. The molecule has 10 heteroatoms. The number of alkyl halides is 3. The summed E-state index contributed by atoms with van der Waals surface area (Å²) in [6.07, 6.45) is -1.55. The van der Waals surface area contributed by atoms with Crippen molar-refractivity contribution in [1.82, 2.24) is 10.3 Å². The smallest absolute Gasteiger partial charge is 0.422 e. The molecule has 1 unspecified atom stereocenters. The minimum Gasteiger partial charge on any atom is -0.468 e. The van der Waals surface area contributed by atoms with E-state index in [0.29, 0.717) is 18.8 Å². The van der Waals surface area contributed by atoms with E-state index in [4.69, 9.17) is 4.74 Å². The molecule has 1 fully saturated rings. The van der Waals surface area contributed by atoms with E-state index in [2.05, 4.69) is 20.4 Å². The van der Waals surface area contributed by atoms with Gasteiger partial charge in [0.15, 0.2) is 6.61 Å². The molecule has 1 aliphatic heterocycles. The lowest BCUT2D eigenvalue weighted by molar-refractivity contribution is -0.154. The molecule has 2 N–H and O–H groups in total. The van der Waals surface area contributed by atoms with Crippen LogP contribution in [0.4, 0.5) is 18.9 Å². The maximum absolute atomic E-state index is 12.5. The van der Waals surface area contributed by atoms with Crippen LogP contribution in [0.2, 0.25) is 0 Å². The Morgan fingerprint density at radius 1 is 1.17 bits per heavy atom. The molecule has 0 radical (unpaired) electrons. The first kappa shape index (κ1) is 21.6. The van der Waals surface area contributed by atoms with Crippen molar-refractivity contribution in [3.8, 4) is 5.88 Å². The number of carbonyl (C=O) groups excluding carboxylic acids is 2. The van der Waals surface area contributed by atoms with Crippen molar-refractivity contribution in [3.63, 3.8) is 0 Å². The highest BCUT2D eigenvalue weighted by atomic mass is 19.4. The highest BCUT2D eigenvalue weighted by molar-refractivity contribution is 6.08. The fourth-order valence-electron chi connectivity index (χ4n) is 2.85. The van der Waals surface area contributed by atoms with Crippen LogP contribution >= 0.6 is 0 Å². The van der Waals surface area contributed by atoms with Gasteiger partial charge in [0.2, 0.25) is 5.88 Å². The average molecular weight is 423 g/mol. The molecule has 30 heavy (non-hydrogen) atoms. The van der Waals surface area contributed by atoms with Crippen LogP contribution in [-0.4, -0.2) is 48.8 Å². The molecular formula is C20H20F3N3O4. The third kappa shape index (κ3) is 6.18. The van der Waals surface area contributed by atoms with Crippen LogP contribution in [0.25, 0.3) is 0 Å². The molecule has 1 atom stereocenters. The van der Waals surface area contributed by atoms with Gasteiger partial charge in [-0.05, 0) is 31.0 Å². The van der Waals surface area contributed by atoms with Gasteiger partial charge in [-0.2, -0.15) is 13.2 Å². The molecule has 2 amide bonds. The normalized spacial score (nSPS) is 16.2. The Kier molecular flexibility index (Phi) is 6.88. The maximum Gasteiger partial charge on any atom is 0.422 e. The fraction of sp³-hybridized carbons (Fsp3) is 0.350. The Balaban J connectivity index is 1.61. The number of hydrogen-bond acceptors (Lipinski definition) is 5. The largest absolute Gasteiger partial charge is 0.468 e. The van der Waals surface area contributed by atoms with E-state index >= 15 is 0 Å². The third-order valence-corrected chi connectivity index (χ3v) is 4.32. The minimum atomic E-state index is -4.48. The lowest BCUT2D eigenvalue weighted by atomic mass is 10.1. The van der Waals surface area contributed by atoms with Gasteiger partial charge in [0.05, 0.1) is 22.9 Å². The van der Waals surface area contributed by atoms with E-state index in [-0.39, 0.29) is 29.0 Å². The first-order valence-corrected chi connectivity index (χ1v) is 9.27. The number of nitrogens with one attached hydrogen (secondary N) is 2. The number of rotatable bonds is 7. The number of anilines is 1. The summed E-state index contributed by atoms with van der Waals surface area (Å²) in [6.45, 7) is -0.411. The van der Waals surface area contributed by atoms with Crippen molar-refractivity contribution in [3.05, 3.63) is 53.7 Å². The van der Waals surface area contributed by atoms with E-state index < -0.39 is 18.7 Å². The zero-order valence-corrected chi connectivity index (χ0v) is 15.9. The first-order valence-electron chi connectivity index (χ1n) is 9.27. The number of para-hydroxylation sites is 1. The van der Waals surface area contributed by atoms with Gasteiger partial charge < -0.3 is 20.1 Å². The molecule has 0 aliphatic carbocycles. The van der Waals surface area contributed by atoms with Gasteiger partial charge in [0.1, 0.15) is 0 Å². The number of carbonyl (C=O) groups is 2. The van der Waals surface area contributed by atoms with Crippen molar-refractivity contribution in [2.24, 2.45) is 0 Å². The van der Waals surface area contributed by atoms with Crippen LogP contribution < -0.4 is 15.4 Å². The van der Waals surface area contributed by atoms with Crippen molar-refractivity contribution >= 4 is 17.5 Å². The summed E-state index contributed by atoms with van der Waals surface area (Å²) in [4.78, 5) is 28.7. The molecule has 1 aromatic heterocycles. The average Bonchev–Trinajstić information content (AvgIpc) is 3.24. The Hall–Kier alpha value is -3.14. The zero-order chi connectivity index (χ0) is 21.6. The predicted octanol–water partition coefficient (Wildman–Crippen LogP) is 3.18. The number of hydrogen-bond donors (Lipinski definition) is 2. The maximum atomic E-state index is 12.5. The van der Waals surface area contributed by atoms with Crippen LogP contribution in [0.3, 0.4) is 0 Å². The lowest BCUT2D eigenvalue weighted by Gasteiger charge is -2.14. The molecule has 0 spiro atoms. The van der Waals surface area contributed by atoms with Gasteiger partial charge in [-0.3, -0.25) is 9.59 Å². The minimum absolute atomic E-state index is 0.0140. The molecule has 2 aromatic rings. The quantitative estimate of drug-likeness (QED) is 0.714. The Morgan fingerprint density at radius 2 is 1.97 bits per heavy atom. The highest BCUT2D eigenvalue weighted by Gasteiger charge is 2.28. The third-order valence-electron chi connectivity index (χ3n) is 4.32. The second kappa shape index (κ2) is 9.57. The van der Waals surface area contributed by atoms with E-state index in [1.807, 2.05) is 0 Å². The van der Waals surface area contributed by atoms with Crippen molar-refractivity contribution in [1.29, 1.82) is 0 Å². The number of halogens is 3. The number of nitrogens with zero attached hydrogens (tertiary/aromatic N) is 1. The fourth-order valence-corrected chi connectivity index (χ4v) is 2.85. The standard InChI is InChI=1S/C20H20F3N3O4/c21-20(22,23)12-30-17-8-7-13(10-24-17)18(27)26-16-6-2-1-5-15(16)19(28)25-11-14-4-3-9-29-14/h1-2,5-8,10,14H,3-4,9,11-12H2,(H,25,28)(H,26,27). The second-order valence-corrected chi connectivity index (χ2v) is 6.63. The van der Waals surface area contributed by atoms with Crippen LogP contribution in [0, 0.1) is 0 Å². The van der Waals surface area contributed by atoms with E-state index in [1.54, 1.807) is 24.3 Å². The molecule has 7 nitrogen and oxygen atoms in total. The SMILES string of the molecule is O=C(Nc1ccccc1C(=O)NCC1CCCO1)c1ccc(OCC(F)(F)F)nc1. The van der Waals surface area contributed by atoms with Gasteiger partial charge in [-0.1, -0.05) is 12.1 Å². The number of aromatic nitrogens is 1. The zero-order valence-electron chi connectivity index (χ0n) is 15.9. The predicted molar refractivity (Wildman–Crippen MR) is 101 cm³/mol. The number of benzene rings is 1. The molecule has 3 rings (SSSR count). The van der Waals surface area contributed by atoms with Crippen LogP contribution in [0.1, 0.15) is 33.6 Å². The summed E-state index contributed by atoms with van der Waals surface area (Å²) in [7, 11) is 0. The summed E-state index contributed by atoms with van der Waals surface area (Å²) >= 11 is 0. The molecule has 0 saturated carbocycles. The van der Waals surface area contributed by atoms with Crippen molar-refractivity contribution < 1.29 is 32.2 Å². The van der Waals surface area contributed by atoms with Crippen LogP contribution in [-0.2, 0) is 4.74 Å². The number of amides is 2. The van der Waals surface area contributed by atoms with Gasteiger partial charge >= 0.3 is 6.18 Å². The van der Waals surface area contributed by atoms with E-state index in [0.717, 1.165) is 19.0 Å². The molecule has 2 heterocycles. The van der Waals surface area contributed by atoms with E-state index in [9.17, 15) is 22.8 Å². The molecule has 1 aromatic carbocycles. The monoisotopic (exact) mass is 423 g/mol. The number of pyridine rings is 1. The van der Waals surface area contributed by atoms with E-state index in [1.165, 1.54) is 12.1 Å². The molecule has 1 aliphatic rings. The van der Waals surface area contributed by atoms with Crippen molar-refractivity contribution in [2.75, 3.05) is 25.1 Å². The Bertz CT molecular complexity index is 882. The number of ether oxygens (including phenoxy) is 2. The summed E-state index contributed by atoms with van der Waals surface area (Å²) in [5.74, 6) is -1.17. The van der Waals surface area contributed by atoms with Crippen LogP contribution in [0.15, 0.2) is 42.6 Å². The van der Waals surface area contributed by atoms with Gasteiger partial charge in [-0.15, -0.1) is 0 Å². The first-order chi connectivity index (χ1) is 14.3. The van der Waals surface area contributed by atoms with Crippen LogP contribution in [0.5, 0.6) is 5.88 Å². The summed E-state index contributed by atoms with van der Waals surface area (Å²) in [6, 6.07) is 8.94. The van der Waals surface area contributed by atoms with Gasteiger partial charge in [0.25, 0.3) is 11.8 Å². The molecule has 1 saturated heterocycles. The lowest BCUT2D eigenvalue weighted by Crippen LogP contribution is -2.32. The topological polar surface area (TPSA) is 89.6 Å².